The molecule has 4 nitrogen and oxygen atoms in total. The van der Waals surface area contributed by atoms with E-state index in [2.05, 4.69) is 9.46 Å². The molecule has 112 valence electrons. The standard InChI is InChI=1S/C14H13F2NO3S/c1-10-9-11(20-14(15)16)7-8-13(10)17-21(18,19)12-5-3-2-4-6-12/h2-9,14,17H,1H3. The molecule has 0 saturated heterocycles. The van der Waals surface area contributed by atoms with Crippen LogP contribution in [0, 0.1) is 6.92 Å². The summed E-state index contributed by atoms with van der Waals surface area (Å²) in [5.41, 5.74) is 0.785. The van der Waals surface area contributed by atoms with E-state index in [1.165, 1.54) is 30.3 Å². The summed E-state index contributed by atoms with van der Waals surface area (Å²) in [6.45, 7) is -1.32. The first kappa shape index (κ1) is 15.2. The molecule has 0 aliphatic rings. The Labute approximate surface area is 121 Å². The Hall–Kier alpha value is -2.15. The molecule has 1 N–H and O–H groups in total. The lowest BCUT2D eigenvalue weighted by Gasteiger charge is -2.12. The third-order valence-electron chi connectivity index (χ3n) is 2.72. The fourth-order valence-electron chi connectivity index (χ4n) is 1.73. The largest absolute Gasteiger partial charge is 0.435 e. The molecular weight excluding hydrogens is 300 g/mol. The third kappa shape index (κ3) is 3.91. The second-order valence-corrected chi connectivity index (χ2v) is 5.96. The lowest BCUT2D eigenvalue weighted by atomic mass is 10.2. The fourth-order valence-corrected chi connectivity index (χ4v) is 2.88. The van der Waals surface area contributed by atoms with Crippen molar-refractivity contribution >= 4 is 15.7 Å². The Morgan fingerprint density at radius 2 is 1.76 bits per heavy atom. The van der Waals surface area contributed by atoms with Gasteiger partial charge in [0.15, 0.2) is 0 Å². The van der Waals surface area contributed by atoms with Crippen LogP contribution >= 0.6 is 0 Å². The van der Waals surface area contributed by atoms with Crippen LogP contribution < -0.4 is 9.46 Å². The zero-order chi connectivity index (χ0) is 15.5. The summed E-state index contributed by atoms with van der Waals surface area (Å²) in [7, 11) is -3.71. The number of rotatable bonds is 5. The first-order valence-electron chi connectivity index (χ1n) is 6.02. The van der Waals surface area contributed by atoms with Gasteiger partial charge in [0.25, 0.3) is 10.0 Å². The Morgan fingerprint density at radius 3 is 2.33 bits per heavy atom. The van der Waals surface area contributed by atoms with Crippen LogP contribution in [0.5, 0.6) is 5.75 Å². The smallest absolute Gasteiger partial charge is 0.387 e. The normalized spacial score (nSPS) is 11.4. The van der Waals surface area contributed by atoms with Gasteiger partial charge in [-0.25, -0.2) is 8.42 Å². The highest BCUT2D eigenvalue weighted by molar-refractivity contribution is 7.92. The minimum absolute atomic E-state index is 0.0230. The average molecular weight is 313 g/mol. The quantitative estimate of drug-likeness (QED) is 0.920. The summed E-state index contributed by atoms with van der Waals surface area (Å²) in [5.74, 6) is -0.0230. The third-order valence-corrected chi connectivity index (χ3v) is 4.10. The van der Waals surface area contributed by atoms with Crippen LogP contribution in [0.1, 0.15) is 5.56 Å². The van der Waals surface area contributed by atoms with E-state index in [-0.39, 0.29) is 10.6 Å². The van der Waals surface area contributed by atoms with E-state index in [1.54, 1.807) is 25.1 Å². The minimum atomic E-state index is -3.71. The zero-order valence-corrected chi connectivity index (χ0v) is 11.9. The molecule has 0 fully saturated rings. The fraction of sp³-hybridized carbons (Fsp3) is 0.143. The lowest BCUT2D eigenvalue weighted by molar-refractivity contribution is -0.0498. The Bertz CT molecular complexity index is 718. The van der Waals surface area contributed by atoms with Gasteiger partial charge >= 0.3 is 6.61 Å². The molecule has 0 bridgehead atoms. The van der Waals surface area contributed by atoms with Crippen molar-refractivity contribution in [1.82, 2.24) is 0 Å². The Morgan fingerprint density at radius 1 is 1.10 bits per heavy atom. The van der Waals surface area contributed by atoms with Gasteiger partial charge in [0.2, 0.25) is 0 Å². The molecule has 0 atom stereocenters. The van der Waals surface area contributed by atoms with Gasteiger partial charge in [-0.05, 0) is 42.8 Å². The SMILES string of the molecule is Cc1cc(OC(F)F)ccc1NS(=O)(=O)c1ccccc1. The van der Waals surface area contributed by atoms with Crippen molar-refractivity contribution in [1.29, 1.82) is 0 Å². The van der Waals surface area contributed by atoms with Gasteiger partial charge in [-0.3, -0.25) is 4.72 Å². The van der Waals surface area contributed by atoms with Crippen LogP contribution in [0.2, 0.25) is 0 Å². The maximum absolute atomic E-state index is 12.2. The number of nitrogens with one attached hydrogen (secondary N) is 1. The predicted octanol–water partition coefficient (Wildman–Crippen LogP) is 3.40. The highest BCUT2D eigenvalue weighted by Crippen LogP contribution is 2.24. The van der Waals surface area contributed by atoms with Crippen molar-refractivity contribution in [3.05, 3.63) is 54.1 Å². The molecule has 2 rings (SSSR count). The first-order chi connectivity index (χ1) is 9.88. The van der Waals surface area contributed by atoms with E-state index in [4.69, 9.17) is 0 Å². The Kier molecular flexibility index (Phi) is 4.42. The summed E-state index contributed by atoms with van der Waals surface area (Å²) in [6, 6.07) is 11.9. The number of hydrogen-bond donors (Lipinski definition) is 1. The van der Waals surface area contributed by atoms with Gasteiger partial charge < -0.3 is 4.74 Å². The second-order valence-electron chi connectivity index (χ2n) is 4.27. The van der Waals surface area contributed by atoms with Crippen molar-refractivity contribution in [2.75, 3.05) is 4.72 Å². The average Bonchev–Trinajstić information content (AvgIpc) is 2.42. The number of sulfonamides is 1. The van der Waals surface area contributed by atoms with Crippen molar-refractivity contribution in [3.8, 4) is 5.75 Å². The van der Waals surface area contributed by atoms with Crippen LogP contribution in [-0.2, 0) is 10.0 Å². The molecule has 0 aromatic heterocycles. The number of hydrogen-bond acceptors (Lipinski definition) is 3. The maximum Gasteiger partial charge on any atom is 0.387 e. The van der Waals surface area contributed by atoms with E-state index in [0.717, 1.165) is 0 Å². The molecule has 0 unspecified atom stereocenters. The number of alkyl halides is 2. The molecule has 0 amide bonds. The maximum atomic E-state index is 12.2. The summed E-state index contributed by atoms with van der Waals surface area (Å²) in [4.78, 5) is 0.123. The van der Waals surface area contributed by atoms with E-state index in [0.29, 0.717) is 11.3 Å². The summed E-state index contributed by atoms with van der Waals surface area (Å²) < 4.78 is 55.2. The number of ether oxygens (including phenoxy) is 1. The summed E-state index contributed by atoms with van der Waals surface area (Å²) in [6.07, 6.45) is 0. The highest BCUT2D eigenvalue weighted by Gasteiger charge is 2.15. The summed E-state index contributed by atoms with van der Waals surface area (Å²) >= 11 is 0. The van der Waals surface area contributed by atoms with Gasteiger partial charge in [0, 0.05) is 0 Å². The molecule has 0 aliphatic carbocycles. The lowest BCUT2D eigenvalue weighted by Crippen LogP contribution is -2.13. The molecule has 0 aliphatic heterocycles. The van der Waals surface area contributed by atoms with Crippen LogP contribution in [0.4, 0.5) is 14.5 Å². The molecule has 2 aromatic carbocycles. The molecule has 0 saturated carbocycles. The van der Waals surface area contributed by atoms with Gasteiger partial charge in [0.05, 0.1) is 10.6 Å². The number of aryl methyl sites for hydroxylation is 1. The van der Waals surface area contributed by atoms with Crippen molar-refractivity contribution in [2.45, 2.75) is 18.4 Å². The van der Waals surface area contributed by atoms with E-state index >= 15 is 0 Å². The molecule has 0 radical (unpaired) electrons. The summed E-state index contributed by atoms with van der Waals surface area (Å²) in [5, 5.41) is 0. The Balaban J connectivity index is 2.24. The minimum Gasteiger partial charge on any atom is -0.435 e. The molecule has 7 heteroatoms. The van der Waals surface area contributed by atoms with Gasteiger partial charge in [-0.1, -0.05) is 18.2 Å². The molecule has 21 heavy (non-hydrogen) atoms. The van der Waals surface area contributed by atoms with E-state index in [1.807, 2.05) is 0 Å². The molecule has 0 spiro atoms. The molecular formula is C14H13F2NO3S. The van der Waals surface area contributed by atoms with Crippen molar-refractivity contribution in [3.63, 3.8) is 0 Å². The topological polar surface area (TPSA) is 55.4 Å². The number of benzene rings is 2. The van der Waals surface area contributed by atoms with E-state index < -0.39 is 16.6 Å². The predicted molar refractivity (Wildman–Crippen MR) is 75.1 cm³/mol. The van der Waals surface area contributed by atoms with E-state index in [9.17, 15) is 17.2 Å². The second kappa shape index (κ2) is 6.09. The van der Waals surface area contributed by atoms with Gasteiger partial charge in [0.1, 0.15) is 5.75 Å². The van der Waals surface area contributed by atoms with Crippen LogP contribution in [-0.4, -0.2) is 15.0 Å². The van der Waals surface area contributed by atoms with Crippen molar-refractivity contribution in [2.24, 2.45) is 0 Å². The van der Waals surface area contributed by atoms with Gasteiger partial charge in [-0.2, -0.15) is 8.78 Å². The first-order valence-corrected chi connectivity index (χ1v) is 7.50. The van der Waals surface area contributed by atoms with Crippen LogP contribution in [0.15, 0.2) is 53.4 Å². The zero-order valence-electron chi connectivity index (χ0n) is 11.1. The monoisotopic (exact) mass is 313 g/mol. The van der Waals surface area contributed by atoms with Crippen LogP contribution in [0.25, 0.3) is 0 Å². The highest BCUT2D eigenvalue weighted by atomic mass is 32.2. The number of anilines is 1. The number of halogens is 2. The van der Waals surface area contributed by atoms with Crippen LogP contribution in [0.3, 0.4) is 0 Å². The molecule has 2 aromatic rings. The van der Waals surface area contributed by atoms with Gasteiger partial charge in [-0.15, -0.1) is 0 Å². The van der Waals surface area contributed by atoms with Crippen molar-refractivity contribution < 1.29 is 21.9 Å². The molecule has 0 heterocycles.